The van der Waals surface area contributed by atoms with Crippen molar-refractivity contribution >= 4 is 17.5 Å². The van der Waals surface area contributed by atoms with Gasteiger partial charge in [-0.05, 0) is 18.6 Å². The Kier molecular flexibility index (Phi) is 3.51. The Hall–Kier alpha value is -2.75. The summed E-state index contributed by atoms with van der Waals surface area (Å²) in [6, 6.07) is 4.09. The van der Waals surface area contributed by atoms with Crippen LogP contribution in [-0.4, -0.2) is 9.85 Å². The summed E-state index contributed by atoms with van der Waals surface area (Å²) in [5.41, 5.74) is -0.432. The van der Waals surface area contributed by atoms with Crippen molar-refractivity contribution in [1.82, 2.24) is 0 Å². The molecule has 0 fully saturated rings. The fourth-order valence-electron chi connectivity index (χ4n) is 1.31. The summed E-state index contributed by atoms with van der Waals surface area (Å²) in [4.78, 5) is 20.1. The lowest BCUT2D eigenvalue weighted by Gasteiger charge is -2.00. The van der Waals surface area contributed by atoms with Gasteiger partial charge in [0, 0.05) is 18.2 Å². The van der Waals surface area contributed by atoms with E-state index in [0.717, 1.165) is 6.08 Å². The highest BCUT2D eigenvalue weighted by Gasteiger charge is 2.22. The monoisotopic (exact) mass is 233 g/mol. The first kappa shape index (κ1) is 12.3. The molecule has 0 aliphatic carbocycles. The highest BCUT2D eigenvalue weighted by atomic mass is 16.6. The number of hydrogen-bond acceptors (Lipinski definition) is 5. The molecule has 0 saturated heterocycles. The van der Waals surface area contributed by atoms with E-state index < -0.39 is 9.85 Å². The molecule has 7 nitrogen and oxygen atoms in total. The summed E-state index contributed by atoms with van der Waals surface area (Å²) >= 11 is 0. The van der Waals surface area contributed by atoms with Gasteiger partial charge in [0.2, 0.25) is 0 Å². The molecule has 0 radical (unpaired) electrons. The molecule has 0 N–H and O–H groups in total. The average Bonchev–Trinajstić information content (AvgIpc) is 2.26. The second-order valence-corrected chi connectivity index (χ2v) is 3.16. The summed E-state index contributed by atoms with van der Waals surface area (Å²) < 4.78 is 0. The number of rotatable bonds is 3. The molecule has 86 valence electrons. The van der Waals surface area contributed by atoms with E-state index in [-0.39, 0.29) is 22.5 Å². The van der Waals surface area contributed by atoms with E-state index in [1.807, 2.05) is 0 Å². The van der Waals surface area contributed by atoms with E-state index >= 15 is 0 Å². The molecule has 0 heterocycles. The Balaban J connectivity index is 3.48. The van der Waals surface area contributed by atoms with Gasteiger partial charge in [-0.3, -0.25) is 20.2 Å². The molecular formula is C10H7N3O4. The number of allylic oxidation sites excluding steroid dienone is 1. The number of nitro benzene ring substituents is 2. The van der Waals surface area contributed by atoms with Crippen molar-refractivity contribution < 1.29 is 9.85 Å². The van der Waals surface area contributed by atoms with Crippen molar-refractivity contribution in [1.29, 1.82) is 5.26 Å². The summed E-state index contributed by atoms with van der Waals surface area (Å²) in [6.45, 7) is 1.31. The van der Waals surface area contributed by atoms with E-state index in [2.05, 4.69) is 0 Å². The van der Waals surface area contributed by atoms with Gasteiger partial charge in [-0.2, -0.15) is 5.26 Å². The first-order valence-electron chi connectivity index (χ1n) is 4.47. The Morgan fingerprint density at radius 2 is 1.71 bits per heavy atom. The minimum atomic E-state index is -0.688. The van der Waals surface area contributed by atoms with Crippen LogP contribution in [0.4, 0.5) is 11.4 Å². The second-order valence-electron chi connectivity index (χ2n) is 3.16. The summed E-state index contributed by atoms with van der Waals surface area (Å²) in [5, 5.41) is 29.8. The average molecular weight is 233 g/mol. The van der Waals surface area contributed by atoms with Crippen LogP contribution in [0.2, 0.25) is 0 Å². The predicted octanol–water partition coefficient (Wildman–Crippen LogP) is 2.35. The van der Waals surface area contributed by atoms with Crippen molar-refractivity contribution in [2.24, 2.45) is 0 Å². The largest absolute Gasteiger partial charge is 0.279 e. The van der Waals surface area contributed by atoms with Gasteiger partial charge >= 0.3 is 0 Å². The van der Waals surface area contributed by atoms with E-state index in [4.69, 9.17) is 5.26 Å². The fraction of sp³-hybridized carbons (Fsp3) is 0.100. The van der Waals surface area contributed by atoms with Crippen molar-refractivity contribution in [3.63, 3.8) is 0 Å². The lowest BCUT2D eigenvalue weighted by Crippen LogP contribution is -1.98. The number of nitrogens with zero attached hydrogens (tertiary/aromatic N) is 3. The van der Waals surface area contributed by atoms with Crippen LogP contribution in [-0.2, 0) is 0 Å². The van der Waals surface area contributed by atoms with Gasteiger partial charge in [-0.25, -0.2) is 0 Å². The van der Waals surface area contributed by atoms with Crippen LogP contribution in [0.25, 0.3) is 6.08 Å². The molecule has 0 aromatic heterocycles. The summed E-state index contributed by atoms with van der Waals surface area (Å²) in [5.74, 6) is 0. The number of hydrogen-bond donors (Lipinski definition) is 0. The second kappa shape index (κ2) is 4.85. The molecule has 7 heteroatoms. The topological polar surface area (TPSA) is 110 Å². The minimum absolute atomic E-state index is 0.00546. The van der Waals surface area contributed by atoms with Crippen LogP contribution in [0.15, 0.2) is 18.2 Å². The van der Waals surface area contributed by atoms with Crippen LogP contribution in [0.3, 0.4) is 0 Å². The molecule has 1 aromatic rings. The molecule has 0 saturated carbocycles. The molecule has 17 heavy (non-hydrogen) atoms. The van der Waals surface area contributed by atoms with Crippen molar-refractivity contribution in [3.8, 4) is 6.07 Å². The molecule has 0 aliphatic rings. The third-order valence-electron chi connectivity index (χ3n) is 2.12. The van der Waals surface area contributed by atoms with Crippen LogP contribution in [0, 0.1) is 38.5 Å². The smallest absolute Gasteiger partial charge is 0.258 e. The molecule has 1 aromatic carbocycles. The Labute approximate surface area is 95.9 Å². The summed E-state index contributed by atoms with van der Waals surface area (Å²) in [7, 11) is 0. The zero-order valence-electron chi connectivity index (χ0n) is 8.78. The van der Waals surface area contributed by atoms with Gasteiger partial charge in [0.05, 0.1) is 15.9 Å². The maximum Gasteiger partial charge on any atom is 0.279 e. The van der Waals surface area contributed by atoms with Gasteiger partial charge in [-0.15, -0.1) is 0 Å². The maximum absolute atomic E-state index is 10.7. The highest BCUT2D eigenvalue weighted by molar-refractivity contribution is 5.64. The van der Waals surface area contributed by atoms with Gasteiger partial charge in [0.25, 0.3) is 11.4 Å². The van der Waals surface area contributed by atoms with Crippen molar-refractivity contribution in [3.05, 3.63) is 49.6 Å². The van der Waals surface area contributed by atoms with Gasteiger partial charge in [0.1, 0.15) is 5.56 Å². The number of nitro groups is 2. The quantitative estimate of drug-likeness (QED) is 0.452. The molecule has 0 spiro atoms. The Morgan fingerprint density at radius 3 is 2.06 bits per heavy atom. The third kappa shape index (κ3) is 2.63. The van der Waals surface area contributed by atoms with Gasteiger partial charge < -0.3 is 0 Å². The molecule has 0 atom stereocenters. The van der Waals surface area contributed by atoms with E-state index in [0.29, 0.717) is 0 Å². The van der Waals surface area contributed by atoms with Crippen LogP contribution in [0.1, 0.15) is 11.1 Å². The molecule has 0 aliphatic heterocycles. The minimum Gasteiger partial charge on any atom is -0.258 e. The zero-order chi connectivity index (χ0) is 13.0. The molecule has 0 unspecified atom stereocenters. The lowest BCUT2D eigenvalue weighted by atomic mass is 10.1. The van der Waals surface area contributed by atoms with Crippen LogP contribution >= 0.6 is 0 Å². The first-order valence-corrected chi connectivity index (χ1v) is 4.47. The highest BCUT2D eigenvalue weighted by Crippen LogP contribution is 2.29. The van der Waals surface area contributed by atoms with E-state index in [1.54, 1.807) is 6.07 Å². The van der Waals surface area contributed by atoms with Gasteiger partial charge in [0.15, 0.2) is 0 Å². The van der Waals surface area contributed by atoms with Gasteiger partial charge in [-0.1, -0.05) is 0 Å². The van der Waals surface area contributed by atoms with Crippen LogP contribution in [0.5, 0.6) is 0 Å². The maximum atomic E-state index is 10.7. The SMILES string of the molecule is Cc1c([N+](=O)[O-])cc(/C=C/C#N)cc1[N+](=O)[O-]. The molecule has 1 rings (SSSR count). The molecule has 0 bridgehead atoms. The normalized spacial score (nSPS) is 10.1. The third-order valence-corrected chi connectivity index (χ3v) is 2.12. The standard InChI is InChI=1S/C10H7N3O4/c1-7-9(12(14)15)5-8(3-2-4-11)6-10(7)13(16)17/h2-3,5-6H,1H3/b3-2+. The molecule has 0 amide bonds. The molecular weight excluding hydrogens is 226 g/mol. The van der Waals surface area contributed by atoms with E-state index in [9.17, 15) is 20.2 Å². The van der Waals surface area contributed by atoms with Crippen LogP contribution < -0.4 is 0 Å². The lowest BCUT2D eigenvalue weighted by molar-refractivity contribution is -0.395. The predicted molar refractivity (Wildman–Crippen MR) is 59.1 cm³/mol. The number of benzene rings is 1. The Bertz CT molecular complexity index is 522. The van der Waals surface area contributed by atoms with Crippen molar-refractivity contribution in [2.75, 3.05) is 0 Å². The first-order chi connectivity index (χ1) is 7.97. The Morgan fingerprint density at radius 1 is 1.24 bits per heavy atom. The zero-order valence-corrected chi connectivity index (χ0v) is 8.78. The fourth-order valence-corrected chi connectivity index (χ4v) is 1.31. The summed E-state index contributed by atoms with van der Waals surface area (Å²) in [6.07, 6.45) is 2.37. The number of nitriles is 1. The van der Waals surface area contributed by atoms with Crippen molar-refractivity contribution in [2.45, 2.75) is 6.92 Å². The van der Waals surface area contributed by atoms with E-state index in [1.165, 1.54) is 25.1 Å².